The van der Waals surface area contributed by atoms with E-state index in [9.17, 15) is 9.59 Å². The first-order chi connectivity index (χ1) is 10.2. The highest BCUT2D eigenvalue weighted by Crippen LogP contribution is 2.42. The number of carbonyl (C=O) groups excluding carboxylic acids is 2. The fourth-order valence-corrected chi connectivity index (χ4v) is 3.07. The van der Waals surface area contributed by atoms with Crippen molar-refractivity contribution in [3.63, 3.8) is 0 Å². The maximum absolute atomic E-state index is 12.1. The molecule has 1 aromatic rings. The maximum atomic E-state index is 12.1. The average molecular weight is 288 g/mol. The smallest absolute Gasteiger partial charge is 0.339 e. The Hall–Kier alpha value is -2.14. The summed E-state index contributed by atoms with van der Waals surface area (Å²) in [4.78, 5) is 24.1. The predicted molar refractivity (Wildman–Crippen MR) is 74.3 cm³/mol. The van der Waals surface area contributed by atoms with E-state index >= 15 is 0 Å². The number of fused-ring (bicyclic) bond motifs is 2. The zero-order valence-electron chi connectivity index (χ0n) is 11.9. The number of esters is 2. The molecule has 5 nitrogen and oxygen atoms in total. The van der Waals surface area contributed by atoms with E-state index in [0.29, 0.717) is 0 Å². The van der Waals surface area contributed by atoms with Gasteiger partial charge in [-0.15, -0.1) is 0 Å². The summed E-state index contributed by atoms with van der Waals surface area (Å²) in [5.41, 5.74) is 1.29. The molecular formula is C16H16O5. The average Bonchev–Trinajstić information content (AvgIpc) is 3.15. The van der Waals surface area contributed by atoms with Crippen LogP contribution in [0.25, 0.3) is 0 Å². The van der Waals surface area contributed by atoms with Gasteiger partial charge in [0.05, 0.1) is 37.6 Å². The first kappa shape index (κ1) is 13.8. The lowest BCUT2D eigenvalue weighted by Crippen LogP contribution is -2.19. The summed E-state index contributed by atoms with van der Waals surface area (Å²) in [5.74, 6) is -1.02. The van der Waals surface area contributed by atoms with E-state index in [0.717, 1.165) is 12.0 Å². The third-order valence-electron chi connectivity index (χ3n) is 4.02. The summed E-state index contributed by atoms with van der Waals surface area (Å²) < 4.78 is 15.4. The Morgan fingerprint density at radius 2 is 1.90 bits per heavy atom. The molecule has 0 spiro atoms. The standard InChI is InChI=1S/C16H16O5/c1-19-15(17)11-5-3-4-10(14(11)16(18)20-2)12-8-9-6-7-13(12)21-9/h3-7,9,12-13H,8H2,1-2H3. The van der Waals surface area contributed by atoms with Gasteiger partial charge in [-0.3, -0.25) is 0 Å². The van der Waals surface area contributed by atoms with Crippen LogP contribution in [0.4, 0.5) is 0 Å². The van der Waals surface area contributed by atoms with Gasteiger partial charge in [-0.2, -0.15) is 0 Å². The van der Waals surface area contributed by atoms with Crippen LogP contribution in [-0.2, 0) is 14.2 Å². The summed E-state index contributed by atoms with van der Waals surface area (Å²) in [6.45, 7) is 0. The second kappa shape index (κ2) is 5.33. The van der Waals surface area contributed by atoms with E-state index < -0.39 is 11.9 Å². The summed E-state index contributed by atoms with van der Waals surface area (Å²) in [7, 11) is 2.59. The van der Waals surface area contributed by atoms with Crippen LogP contribution in [0.15, 0.2) is 30.4 Å². The Labute approximate surface area is 122 Å². The molecule has 2 heterocycles. The van der Waals surface area contributed by atoms with Crippen molar-refractivity contribution in [2.75, 3.05) is 14.2 Å². The van der Waals surface area contributed by atoms with Crippen LogP contribution < -0.4 is 0 Å². The fraction of sp³-hybridized carbons (Fsp3) is 0.375. The van der Waals surface area contributed by atoms with Gasteiger partial charge in [-0.05, 0) is 18.1 Å². The minimum atomic E-state index is -0.545. The minimum Gasteiger partial charge on any atom is -0.465 e. The molecule has 1 saturated heterocycles. The SMILES string of the molecule is COC(=O)c1cccc(C2CC3C=CC2O3)c1C(=O)OC. The summed E-state index contributed by atoms with van der Waals surface area (Å²) >= 11 is 0. The molecule has 0 saturated carbocycles. The van der Waals surface area contributed by atoms with Crippen molar-refractivity contribution in [1.82, 2.24) is 0 Å². The second-order valence-electron chi connectivity index (χ2n) is 5.12. The molecule has 1 fully saturated rings. The molecule has 2 bridgehead atoms. The van der Waals surface area contributed by atoms with Crippen molar-refractivity contribution in [3.05, 3.63) is 47.0 Å². The van der Waals surface area contributed by atoms with Crippen LogP contribution in [0.5, 0.6) is 0 Å². The minimum absolute atomic E-state index is 0.0497. The van der Waals surface area contributed by atoms with Crippen LogP contribution >= 0.6 is 0 Å². The Kier molecular flexibility index (Phi) is 3.51. The van der Waals surface area contributed by atoms with Crippen LogP contribution in [0.3, 0.4) is 0 Å². The van der Waals surface area contributed by atoms with Crippen LogP contribution in [0.1, 0.15) is 38.6 Å². The Balaban J connectivity index is 2.09. The van der Waals surface area contributed by atoms with E-state index in [1.165, 1.54) is 14.2 Å². The molecule has 3 unspecified atom stereocenters. The van der Waals surface area contributed by atoms with Crippen molar-refractivity contribution < 1.29 is 23.8 Å². The number of ether oxygens (including phenoxy) is 3. The van der Waals surface area contributed by atoms with E-state index in [1.54, 1.807) is 12.1 Å². The molecule has 1 aromatic carbocycles. The second-order valence-corrected chi connectivity index (χ2v) is 5.12. The molecule has 0 N–H and O–H groups in total. The molecule has 0 aromatic heterocycles. The van der Waals surface area contributed by atoms with Gasteiger partial charge in [0.15, 0.2) is 0 Å². The van der Waals surface area contributed by atoms with Crippen molar-refractivity contribution in [2.45, 2.75) is 24.5 Å². The Morgan fingerprint density at radius 1 is 1.14 bits per heavy atom. The van der Waals surface area contributed by atoms with Crippen molar-refractivity contribution in [2.24, 2.45) is 0 Å². The van der Waals surface area contributed by atoms with Crippen molar-refractivity contribution in [1.29, 1.82) is 0 Å². The quantitative estimate of drug-likeness (QED) is 0.629. The number of hydrogen-bond donors (Lipinski definition) is 0. The van der Waals surface area contributed by atoms with E-state index in [-0.39, 0.29) is 29.3 Å². The number of hydrogen-bond acceptors (Lipinski definition) is 5. The van der Waals surface area contributed by atoms with E-state index in [1.807, 2.05) is 18.2 Å². The molecule has 110 valence electrons. The Morgan fingerprint density at radius 3 is 2.48 bits per heavy atom. The molecular weight excluding hydrogens is 272 g/mol. The van der Waals surface area contributed by atoms with Crippen LogP contribution in [0.2, 0.25) is 0 Å². The third kappa shape index (κ3) is 2.23. The molecule has 21 heavy (non-hydrogen) atoms. The molecule has 0 amide bonds. The third-order valence-corrected chi connectivity index (χ3v) is 4.02. The van der Waals surface area contributed by atoms with E-state index in [4.69, 9.17) is 14.2 Å². The number of benzene rings is 1. The maximum Gasteiger partial charge on any atom is 0.339 e. The van der Waals surface area contributed by atoms with Crippen molar-refractivity contribution >= 4 is 11.9 Å². The zero-order valence-corrected chi connectivity index (χ0v) is 11.9. The lowest BCUT2D eigenvalue weighted by molar-refractivity contribution is 0.0553. The molecule has 0 radical (unpaired) electrons. The van der Waals surface area contributed by atoms with Crippen molar-refractivity contribution in [3.8, 4) is 0 Å². The van der Waals surface area contributed by atoms with E-state index in [2.05, 4.69) is 0 Å². The summed E-state index contributed by atoms with van der Waals surface area (Å²) in [6.07, 6.45) is 4.88. The van der Waals surface area contributed by atoms with Gasteiger partial charge >= 0.3 is 11.9 Å². The first-order valence-corrected chi connectivity index (χ1v) is 6.79. The normalized spacial score (nSPS) is 25.9. The predicted octanol–water partition coefficient (Wildman–Crippen LogP) is 2.07. The zero-order chi connectivity index (χ0) is 15.0. The first-order valence-electron chi connectivity index (χ1n) is 6.79. The number of rotatable bonds is 3. The van der Waals surface area contributed by atoms with Gasteiger partial charge in [-0.25, -0.2) is 9.59 Å². The monoisotopic (exact) mass is 288 g/mol. The van der Waals surface area contributed by atoms with Gasteiger partial charge in [0, 0.05) is 5.92 Å². The molecule has 0 aliphatic carbocycles. The molecule has 3 atom stereocenters. The number of methoxy groups -OCH3 is 2. The fourth-order valence-electron chi connectivity index (χ4n) is 3.07. The highest BCUT2D eigenvalue weighted by molar-refractivity contribution is 6.04. The van der Waals surface area contributed by atoms with Crippen LogP contribution in [-0.4, -0.2) is 38.4 Å². The Bertz CT molecular complexity index is 619. The van der Waals surface area contributed by atoms with Crippen LogP contribution in [0, 0.1) is 0 Å². The van der Waals surface area contributed by atoms with Gasteiger partial charge in [0.1, 0.15) is 0 Å². The summed E-state index contributed by atoms with van der Waals surface area (Å²) in [6, 6.07) is 5.18. The topological polar surface area (TPSA) is 61.8 Å². The number of carbonyl (C=O) groups is 2. The molecule has 2 aliphatic heterocycles. The van der Waals surface area contributed by atoms with Gasteiger partial charge in [-0.1, -0.05) is 24.3 Å². The highest BCUT2D eigenvalue weighted by atomic mass is 16.5. The van der Waals surface area contributed by atoms with Gasteiger partial charge < -0.3 is 14.2 Å². The molecule has 3 rings (SSSR count). The summed E-state index contributed by atoms with van der Waals surface area (Å²) in [5, 5.41) is 0. The largest absolute Gasteiger partial charge is 0.465 e. The van der Waals surface area contributed by atoms with Gasteiger partial charge in [0.25, 0.3) is 0 Å². The molecule has 5 heteroatoms. The highest BCUT2D eigenvalue weighted by Gasteiger charge is 2.40. The molecule has 2 aliphatic rings. The van der Waals surface area contributed by atoms with Gasteiger partial charge in [0.2, 0.25) is 0 Å². The lowest BCUT2D eigenvalue weighted by Gasteiger charge is -2.20. The lowest BCUT2D eigenvalue weighted by atomic mass is 9.83.